The maximum atomic E-state index is 13.7. The molecule has 1 aromatic carbocycles. The third-order valence-corrected chi connectivity index (χ3v) is 3.21. The van der Waals surface area contributed by atoms with Crippen LogP contribution in [0.1, 0.15) is 17.4 Å². The minimum absolute atomic E-state index is 0.0122. The van der Waals surface area contributed by atoms with Crippen molar-refractivity contribution in [3.8, 4) is 0 Å². The van der Waals surface area contributed by atoms with Crippen LogP contribution in [-0.4, -0.2) is 28.6 Å². The number of methoxy groups -OCH3 is 1. The van der Waals surface area contributed by atoms with E-state index < -0.39 is 29.1 Å². The first-order valence-electron chi connectivity index (χ1n) is 5.98. The van der Waals surface area contributed by atoms with Gasteiger partial charge in [-0.25, -0.2) is 13.2 Å². The molecule has 2 aromatic rings. The summed E-state index contributed by atoms with van der Waals surface area (Å²) in [5, 5.41) is 14.2. The van der Waals surface area contributed by atoms with E-state index in [2.05, 4.69) is 5.10 Å². The average molecular weight is 321 g/mol. The maximum Gasteiger partial charge on any atom is 0.135 e. The fraction of sp³-hybridized carbons (Fsp3) is 0.308. The second kappa shape index (κ2) is 6.46. The van der Waals surface area contributed by atoms with Crippen molar-refractivity contribution >= 4 is 11.6 Å². The van der Waals surface area contributed by atoms with Crippen LogP contribution in [0.5, 0.6) is 0 Å². The molecule has 114 valence electrons. The molecule has 0 aliphatic carbocycles. The van der Waals surface area contributed by atoms with E-state index in [0.717, 1.165) is 0 Å². The first-order valence-corrected chi connectivity index (χ1v) is 6.36. The predicted octanol–water partition coefficient (Wildman–Crippen LogP) is 2.68. The van der Waals surface area contributed by atoms with Gasteiger partial charge >= 0.3 is 0 Å². The molecule has 0 radical (unpaired) electrons. The lowest BCUT2D eigenvalue weighted by atomic mass is 10.0. The van der Waals surface area contributed by atoms with E-state index >= 15 is 0 Å². The molecule has 2 rings (SSSR count). The Labute approximate surface area is 123 Å². The Morgan fingerprint density at radius 1 is 1.33 bits per heavy atom. The molecule has 0 bridgehead atoms. The molecule has 0 aliphatic rings. The van der Waals surface area contributed by atoms with Crippen molar-refractivity contribution in [1.82, 2.24) is 9.78 Å². The third kappa shape index (κ3) is 3.20. The molecule has 1 N–H and O–H groups in total. The molecule has 21 heavy (non-hydrogen) atoms. The zero-order valence-electron chi connectivity index (χ0n) is 11.0. The second-order valence-electron chi connectivity index (χ2n) is 4.28. The highest BCUT2D eigenvalue weighted by Gasteiger charge is 2.26. The van der Waals surface area contributed by atoms with E-state index in [4.69, 9.17) is 16.3 Å². The van der Waals surface area contributed by atoms with Crippen LogP contribution in [0, 0.1) is 17.5 Å². The highest BCUT2D eigenvalue weighted by Crippen LogP contribution is 2.31. The minimum Gasteiger partial charge on any atom is -0.383 e. The van der Waals surface area contributed by atoms with Crippen molar-refractivity contribution in [2.75, 3.05) is 13.7 Å². The minimum atomic E-state index is -1.71. The number of aliphatic hydroxyl groups is 1. The van der Waals surface area contributed by atoms with Crippen LogP contribution in [0.15, 0.2) is 18.3 Å². The van der Waals surface area contributed by atoms with Crippen LogP contribution in [-0.2, 0) is 11.3 Å². The fourth-order valence-electron chi connectivity index (χ4n) is 1.95. The number of aliphatic hydroxyl groups excluding tert-OH is 1. The van der Waals surface area contributed by atoms with Gasteiger partial charge in [-0.05, 0) is 0 Å². The molecule has 0 aliphatic heterocycles. The van der Waals surface area contributed by atoms with E-state index in [1.807, 2.05) is 0 Å². The van der Waals surface area contributed by atoms with Crippen molar-refractivity contribution in [2.24, 2.45) is 0 Å². The monoisotopic (exact) mass is 320 g/mol. The van der Waals surface area contributed by atoms with Crippen molar-refractivity contribution in [1.29, 1.82) is 0 Å². The van der Waals surface area contributed by atoms with Gasteiger partial charge in [0, 0.05) is 19.2 Å². The summed E-state index contributed by atoms with van der Waals surface area (Å²) in [6.07, 6.45) is -0.466. The summed E-state index contributed by atoms with van der Waals surface area (Å²) < 4.78 is 46.5. The number of hydrogen-bond donors (Lipinski definition) is 1. The van der Waals surface area contributed by atoms with Gasteiger partial charge in [-0.2, -0.15) is 5.10 Å². The zero-order valence-corrected chi connectivity index (χ0v) is 11.7. The lowest BCUT2D eigenvalue weighted by Gasteiger charge is -2.16. The first-order chi connectivity index (χ1) is 9.95. The molecule has 1 unspecified atom stereocenters. The van der Waals surface area contributed by atoms with Gasteiger partial charge in [0.05, 0.1) is 35.6 Å². The molecule has 0 spiro atoms. The van der Waals surface area contributed by atoms with E-state index in [-0.39, 0.29) is 23.9 Å². The van der Waals surface area contributed by atoms with E-state index in [1.165, 1.54) is 18.0 Å². The number of halogens is 4. The van der Waals surface area contributed by atoms with Crippen LogP contribution in [0.4, 0.5) is 13.2 Å². The Morgan fingerprint density at radius 2 is 1.95 bits per heavy atom. The Balaban J connectivity index is 2.45. The number of rotatable bonds is 5. The predicted molar refractivity (Wildman–Crippen MR) is 69.5 cm³/mol. The normalized spacial score (nSPS) is 12.7. The van der Waals surface area contributed by atoms with Crippen LogP contribution < -0.4 is 0 Å². The molecular weight excluding hydrogens is 309 g/mol. The zero-order chi connectivity index (χ0) is 15.6. The lowest BCUT2D eigenvalue weighted by molar-refractivity contribution is 0.168. The summed E-state index contributed by atoms with van der Waals surface area (Å²) >= 11 is 5.90. The molecule has 1 aromatic heterocycles. The van der Waals surface area contributed by atoms with Crippen LogP contribution >= 0.6 is 11.6 Å². The smallest absolute Gasteiger partial charge is 0.135 e. The summed E-state index contributed by atoms with van der Waals surface area (Å²) in [6.45, 7) is 0.506. The van der Waals surface area contributed by atoms with Crippen molar-refractivity contribution in [2.45, 2.75) is 12.6 Å². The molecule has 0 amide bonds. The largest absolute Gasteiger partial charge is 0.383 e. The molecule has 0 fully saturated rings. The molecule has 0 saturated heterocycles. The first kappa shape index (κ1) is 15.8. The number of ether oxygens (including phenoxy) is 1. The quantitative estimate of drug-likeness (QED) is 0.921. The van der Waals surface area contributed by atoms with Gasteiger partial charge in [0.1, 0.15) is 23.6 Å². The summed E-state index contributed by atoms with van der Waals surface area (Å²) in [7, 11) is 1.47. The van der Waals surface area contributed by atoms with Crippen LogP contribution in [0.25, 0.3) is 0 Å². The van der Waals surface area contributed by atoms with Crippen molar-refractivity contribution < 1.29 is 23.0 Å². The maximum absolute atomic E-state index is 13.7. The highest BCUT2D eigenvalue weighted by atomic mass is 35.5. The van der Waals surface area contributed by atoms with Crippen LogP contribution in [0.3, 0.4) is 0 Å². The van der Waals surface area contributed by atoms with E-state index in [1.54, 1.807) is 0 Å². The standard InChI is InChI=1S/C13H12ClF3N2O2/c1-21-3-2-19-12(8(14)6-18-19)13(20)11-9(16)4-7(15)5-10(11)17/h4-6,13,20H,2-3H2,1H3. The average Bonchev–Trinajstić information content (AvgIpc) is 2.76. The Bertz CT molecular complexity index is 625. The van der Waals surface area contributed by atoms with E-state index in [0.29, 0.717) is 12.1 Å². The Kier molecular flexibility index (Phi) is 4.87. The van der Waals surface area contributed by atoms with E-state index in [9.17, 15) is 18.3 Å². The lowest BCUT2D eigenvalue weighted by Crippen LogP contribution is -2.15. The molecule has 4 nitrogen and oxygen atoms in total. The fourth-order valence-corrected chi connectivity index (χ4v) is 2.20. The van der Waals surface area contributed by atoms with Gasteiger partial charge in [-0.3, -0.25) is 4.68 Å². The van der Waals surface area contributed by atoms with Gasteiger partial charge in [-0.1, -0.05) is 11.6 Å². The van der Waals surface area contributed by atoms with Gasteiger partial charge in [0.2, 0.25) is 0 Å². The van der Waals surface area contributed by atoms with Crippen molar-refractivity contribution in [3.63, 3.8) is 0 Å². The Hall–Kier alpha value is -1.57. The molecule has 1 heterocycles. The van der Waals surface area contributed by atoms with Gasteiger partial charge < -0.3 is 9.84 Å². The molecular formula is C13H12ClF3N2O2. The second-order valence-corrected chi connectivity index (χ2v) is 4.69. The third-order valence-electron chi connectivity index (χ3n) is 2.92. The highest BCUT2D eigenvalue weighted by molar-refractivity contribution is 6.31. The van der Waals surface area contributed by atoms with Crippen LogP contribution in [0.2, 0.25) is 5.02 Å². The summed E-state index contributed by atoms with van der Waals surface area (Å²) in [5.74, 6) is -3.47. The number of aromatic nitrogens is 2. The number of benzene rings is 1. The van der Waals surface area contributed by atoms with Gasteiger partial charge in [-0.15, -0.1) is 0 Å². The van der Waals surface area contributed by atoms with Gasteiger partial charge in [0.15, 0.2) is 0 Å². The summed E-state index contributed by atoms with van der Waals surface area (Å²) in [6, 6.07) is 0.983. The molecule has 1 atom stereocenters. The number of hydrogen-bond acceptors (Lipinski definition) is 3. The Morgan fingerprint density at radius 3 is 2.52 bits per heavy atom. The summed E-state index contributed by atoms with van der Waals surface area (Å²) in [5.41, 5.74) is -0.671. The number of nitrogens with zero attached hydrogens (tertiary/aromatic N) is 2. The molecule has 8 heteroatoms. The molecule has 0 saturated carbocycles. The van der Waals surface area contributed by atoms with Gasteiger partial charge in [0.25, 0.3) is 0 Å². The van der Waals surface area contributed by atoms with Crippen molar-refractivity contribution in [3.05, 3.63) is 52.1 Å². The summed E-state index contributed by atoms with van der Waals surface area (Å²) in [4.78, 5) is 0. The SMILES string of the molecule is COCCn1ncc(Cl)c1C(O)c1c(F)cc(F)cc1F. The topological polar surface area (TPSA) is 47.3 Å².